The lowest BCUT2D eigenvalue weighted by atomic mass is 10.2. The third kappa shape index (κ3) is 2.79. The van der Waals surface area contributed by atoms with Gasteiger partial charge < -0.3 is 5.32 Å². The molecule has 0 spiro atoms. The van der Waals surface area contributed by atoms with Gasteiger partial charge >= 0.3 is 0 Å². The van der Waals surface area contributed by atoms with E-state index in [1.807, 2.05) is 23.0 Å². The molecule has 0 atom stereocenters. The molecule has 18 heavy (non-hydrogen) atoms. The van der Waals surface area contributed by atoms with Crippen molar-refractivity contribution in [1.29, 1.82) is 0 Å². The largest absolute Gasteiger partial charge is 0.309 e. The van der Waals surface area contributed by atoms with Gasteiger partial charge in [-0.3, -0.25) is 4.98 Å². The number of hydrogen-bond donors (Lipinski definition) is 1. The van der Waals surface area contributed by atoms with Crippen LogP contribution in [0, 0.1) is 0 Å². The highest BCUT2D eigenvalue weighted by molar-refractivity contribution is 7.20. The minimum Gasteiger partial charge on any atom is -0.309 e. The van der Waals surface area contributed by atoms with E-state index in [0.29, 0.717) is 0 Å². The molecule has 1 N–H and O–H groups in total. The Morgan fingerprint density at radius 2 is 2.33 bits per heavy atom. The van der Waals surface area contributed by atoms with E-state index in [2.05, 4.69) is 17.2 Å². The topological polar surface area (TPSA) is 37.8 Å². The van der Waals surface area contributed by atoms with Gasteiger partial charge in [-0.25, -0.2) is 4.98 Å². The highest BCUT2D eigenvalue weighted by Crippen LogP contribution is 2.31. The van der Waals surface area contributed by atoms with Crippen molar-refractivity contribution in [2.24, 2.45) is 0 Å². The average molecular weight is 279 g/mol. The summed E-state index contributed by atoms with van der Waals surface area (Å²) in [7, 11) is 0. The molecule has 0 aliphatic heterocycles. The Morgan fingerprint density at radius 3 is 3.00 bits per heavy atom. The monoisotopic (exact) mass is 279 g/mol. The highest BCUT2D eigenvalue weighted by Gasteiger charge is 2.21. The Bertz CT molecular complexity index is 500. The minimum absolute atomic E-state index is 0.758. The zero-order valence-corrected chi connectivity index (χ0v) is 12.1. The predicted octanol–water partition coefficient (Wildman–Crippen LogP) is 3.47. The molecule has 3 nitrogen and oxygen atoms in total. The molecule has 1 saturated carbocycles. The van der Waals surface area contributed by atoms with Gasteiger partial charge in [0, 0.05) is 23.7 Å². The molecule has 0 amide bonds. The van der Waals surface area contributed by atoms with Crippen LogP contribution in [0.5, 0.6) is 0 Å². The van der Waals surface area contributed by atoms with Gasteiger partial charge in [-0.05, 0) is 19.3 Å². The number of nitrogens with zero attached hydrogens (tertiary/aromatic N) is 2. The lowest BCUT2D eigenvalue weighted by Crippen LogP contribution is -2.15. The molecule has 0 bridgehead atoms. The van der Waals surface area contributed by atoms with Gasteiger partial charge in [0.05, 0.1) is 16.1 Å². The van der Waals surface area contributed by atoms with Crippen LogP contribution >= 0.6 is 22.7 Å². The molecule has 2 heterocycles. The fourth-order valence-electron chi connectivity index (χ4n) is 1.90. The summed E-state index contributed by atoms with van der Waals surface area (Å²) >= 11 is 3.49. The van der Waals surface area contributed by atoms with E-state index in [0.717, 1.165) is 30.4 Å². The van der Waals surface area contributed by atoms with Gasteiger partial charge in [0.1, 0.15) is 5.01 Å². The van der Waals surface area contributed by atoms with Crippen LogP contribution in [-0.2, 0) is 13.0 Å². The Kier molecular flexibility index (Phi) is 3.72. The average Bonchev–Trinajstić information content (AvgIpc) is 2.90. The van der Waals surface area contributed by atoms with Crippen LogP contribution in [0.2, 0.25) is 0 Å². The molecule has 1 aliphatic rings. The first kappa shape index (κ1) is 12.3. The Hall–Kier alpha value is -0.780. The summed E-state index contributed by atoms with van der Waals surface area (Å²) in [4.78, 5) is 11.5. The fourth-order valence-corrected chi connectivity index (χ4v) is 3.64. The number of hydrogen-bond acceptors (Lipinski definition) is 5. The third-order valence-electron chi connectivity index (χ3n) is 3.04. The van der Waals surface area contributed by atoms with Gasteiger partial charge in [-0.2, -0.15) is 0 Å². The molecule has 1 fully saturated rings. The van der Waals surface area contributed by atoms with Crippen molar-refractivity contribution in [1.82, 2.24) is 15.3 Å². The normalized spacial score (nSPS) is 15.2. The lowest BCUT2D eigenvalue weighted by Gasteiger charge is -2.01. The lowest BCUT2D eigenvalue weighted by molar-refractivity contribution is 0.686. The number of thiazole rings is 2. The maximum absolute atomic E-state index is 4.79. The second-order valence-electron chi connectivity index (χ2n) is 4.66. The summed E-state index contributed by atoms with van der Waals surface area (Å²) in [6.07, 6.45) is 6.82. The number of aryl methyl sites for hydroxylation is 1. The van der Waals surface area contributed by atoms with Gasteiger partial charge in [0.25, 0.3) is 0 Å². The smallest absolute Gasteiger partial charge is 0.135 e. The van der Waals surface area contributed by atoms with Crippen LogP contribution in [0.25, 0.3) is 9.88 Å². The van der Waals surface area contributed by atoms with E-state index >= 15 is 0 Å². The summed E-state index contributed by atoms with van der Waals surface area (Å²) in [6.45, 7) is 3.19. The maximum atomic E-state index is 4.79. The fraction of sp³-hybridized carbons (Fsp3) is 0.538. The third-order valence-corrected chi connectivity index (χ3v) is 5.08. The van der Waals surface area contributed by atoms with E-state index in [9.17, 15) is 0 Å². The van der Waals surface area contributed by atoms with Crippen LogP contribution < -0.4 is 5.32 Å². The van der Waals surface area contributed by atoms with E-state index in [4.69, 9.17) is 4.98 Å². The standard InChI is InChI=1S/C13H17N3S2/c1-2-3-10-11(7-15-9-4-5-9)18-13(16-10)12-6-14-8-17-12/h6,8-9,15H,2-5,7H2,1H3. The molecule has 1 aliphatic carbocycles. The highest BCUT2D eigenvalue weighted by atomic mass is 32.1. The number of aromatic nitrogens is 2. The second-order valence-corrected chi connectivity index (χ2v) is 6.63. The van der Waals surface area contributed by atoms with Gasteiger partial charge in [0.2, 0.25) is 0 Å². The summed E-state index contributed by atoms with van der Waals surface area (Å²) < 4.78 is 0. The van der Waals surface area contributed by atoms with Crippen molar-refractivity contribution in [3.63, 3.8) is 0 Å². The molecule has 2 aromatic heterocycles. The van der Waals surface area contributed by atoms with Crippen molar-refractivity contribution in [3.8, 4) is 9.88 Å². The Balaban J connectivity index is 1.80. The molecule has 3 rings (SSSR count). The van der Waals surface area contributed by atoms with E-state index < -0.39 is 0 Å². The Labute approximate surface area is 115 Å². The molecule has 0 aromatic carbocycles. The van der Waals surface area contributed by atoms with E-state index in [1.165, 1.54) is 28.3 Å². The van der Waals surface area contributed by atoms with Gasteiger partial charge in [0.15, 0.2) is 0 Å². The first-order valence-corrected chi connectivity index (χ1v) is 8.17. The summed E-state index contributed by atoms with van der Waals surface area (Å²) in [5.41, 5.74) is 3.15. The number of rotatable bonds is 6. The molecular formula is C13H17N3S2. The van der Waals surface area contributed by atoms with Crippen molar-refractivity contribution < 1.29 is 0 Å². The zero-order chi connectivity index (χ0) is 12.4. The molecule has 0 saturated heterocycles. The predicted molar refractivity (Wildman–Crippen MR) is 77.1 cm³/mol. The molecule has 5 heteroatoms. The van der Waals surface area contributed by atoms with E-state index in [-0.39, 0.29) is 0 Å². The first-order valence-electron chi connectivity index (χ1n) is 6.47. The maximum Gasteiger partial charge on any atom is 0.135 e. The SMILES string of the molecule is CCCc1nc(-c2cncs2)sc1CNC1CC1. The van der Waals surface area contributed by atoms with Gasteiger partial charge in [-0.15, -0.1) is 22.7 Å². The molecular weight excluding hydrogens is 262 g/mol. The quantitative estimate of drug-likeness (QED) is 0.880. The summed E-state index contributed by atoms with van der Waals surface area (Å²) in [6, 6.07) is 0.758. The minimum atomic E-state index is 0.758. The van der Waals surface area contributed by atoms with Crippen molar-refractivity contribution in [2.75, 3.05) is 0 Å². The van der Waals surface area contributed by atoms with E-state index in [1.54, 1.807) is 11.3 Å². The van der Waals surface area contributed by atoms with Gasteiger partial charge in [-0.1, -0.05) is 13.3 Å². The first-order chi connectivity index (χ1) is 8.86. The van der Waals surface area contributed by atoms with Crippen LogP contribution in [0.3, 0.4) is 0 Å². The van der Waals surface area contributed by atoms with Crippen molar-refractivity contribution in [2.45, 2.75) is 45.2 Å². The van der Waals surface area contributed by atoms with Crippen LogP contribution in [0.1, 0.15) is 36.8 Å². The van der Waals surface area contributed by atoms with Crippen LogP contribution in [-0.4, -0.2) is 16.0 Å². The summed E-state index contributed by atoms with van der Waals surface area (Å²) in [5.74, 6) is 0. The molecule has 2 aromatic rings. The zero-order valence-electron chi connectivity index (χ0n) is 10.5. The van der Waals surface area contributed by atoms with Crippen molar-refractivity contribution >= 4 is 22.7 Å². The summed E-state index contributed by atoms with van der Waals surface area (Å²) in [5, 5.41) is 4.72. The Morgan fingerprint density at radius 1 is 1.44 bits per heavy atom. The second kappa shape index (κ2) is 5.47. The molecule has 0 radical (unpaired) electrons. The number of nitrogens with one attached hydrogen (secondary N) is 1. The van der Waals surface area contributed by atoms with Crippen LogP contribution in [0.4, 0.5) is 0 Å². The molecule has 0 unspecified atom stereocenters. The van der Waals surface area contributed by atoms with Crippen molar-refractivity contribution in [3.05, 3.63) is 22.3 Å². The van der Waals surface area contributed by atoms with Crippen LogP contribution in [0.15, 0.2) is 11.7 Å². The molecule has 96 valence electrons.